The van der Waals surface area contributed by atoms with Crippen molar-refractivity contribution in [2.75, 3.05) is 0 Å². The number of nitro groups is 1. The predicted octanol–water partition coefficient (Wildman–Crippen LogP) is 3.19. The van der Waals surface area contributed by atoms with E-state index in [1.54, 1.807) is 4.40 Å². The molecule has 0 atom stereocenters. The molecule has 9 nitrogen and oxygen atoms in total. The Morgan fingerprint density at radius 2 is 2.12 bits per heavy atom. The van der Waals surface area contributed by atoms with E-state index in [0.717, 1.165) is 4.88 Å². The molecular formula is C14H11Cl2N7O2S. The van der Waals surface area contributed by atoms with Gasteiger partial charge in [-0.2, -0.15) is 5.10 Å². The second-order valence-electron chi connectivity index (χ2n) is 5.15. The molecule has 26 heavy (non-hydrogen) atoms. The van der Waals surface area contributed by atoms with E-state index in [-0.39, 0.29) is 21.7 Å². The summed E-state index contributed by atoms with van der Waals surface area (Å²) >= 11 is 13.6. The van der Waals surface area contributed by atoms with Gasteiger partial charge in [0, 0.05) is 22.7 Å². The van der Waals surface area contributed by atoms with Gasteiger partial charge in [0.2, 0.25) is 5.96 Å². The third-order valence-electron chi connectivity index (χ3n) is 3.32. The van der Waals surface area contributed by atoms with Gasteiger partial charge in [-0.15, -0.1) is 16.4 Å². The summed E-state index contributed by atoms with van der Waals surface area (Å²) in [5.41, 5.74) is 11.5. The number of nitro benzene ring substituents is 1. The number of thiazole rings is 1. The van der Waals surface area contributed by atoms with Gasteiger partial charge in [0.25, 0.3) is 5.69 Å². The first-order chi connectivity index (χ1) is 12.3. The van der Waals surface area contributed by atoms with Gasteiger partial charge in [0.1, 0.15) is 10.7 Å². The maximum Gasteiger partial charge on any atom is 0.288 e. The van der Waals surface area contributed by atoms with Crippen LogP contribution in [0.5, 0.6) is 0 Å². The fourth-order valence-corrected chi connectivity index (χ4v) is 3.68. The van der Waals surface area contributed by atoms with E-state index < -0.39 is 4.92 Å². The van der Waals surface area contributed by atoms with Crippen LogP contribution in [0.1, 0.15) is 10.6 Å². The highest BCUT2D eigenvalue weighted by atomic mass is 35.5. The summed E-state index contributed by atoms with van der Waals surface area (Å²) in [5.74, 6) is -0.203. The number of imidazole rings is 1. The van der Waals surface area contributed by atoms with Crippen LogP contribution in [-0.4, -0.2) is 26.5 Å². The van der Waals surface area contributed by atoms with Gasteiger partial charge in [-0.25, -0.2) is 4.98 Å². The summed E-state index contributed by atoms with van der Waals surface area (Å²) in [5, 5.41) is 18.7. The van der Waals surface area contributed by atoms with Crippen LogP contribution in [0.15, 0.2) is 28.5 Å². The minimum absolute atomic E-state index is 0.0589. The van der Waals surface area contributed by atoms with Crippen molar-refractivity contribution >= 4 is 57.4 Å². The maximum atomic E-state index is 11.2. The minimum atomic E-state index is -0.585. The number of nitrogens with two attached hydrogens (primary N) is 2. The normalized spacial score (nSPS) is 11.3. The molecule has 1 aromatic carbocycles. The largest absolute Gasteiger partial charge is 0.369 e. The zero-order chi connectivity index (χ0) is 19.0. The molecule has 0 aliphatic heterocycles. The predicted molar refractivity (Wildman–Crippen MR) is 103 cm³/mol. The van der Waals surface area contributed by atoms with Crippen LogP contribution in [0.25, 0.3) is 16.2 Å². The number of hydrogen-bond donors (Lipinski definition) is 2. The molecule has 3 rings (SSSR count). The number of aromatic nitrogens is 2. The molecule has 0 unspecified atom stereocenters. The molecule has 3 aromatic rings. The molecule has 0 amide bonds. The van der Waals surface area contributed by atoms with Crippen LogP contribution in [0.2, 0.25) is 10.0 Å². The Kier molecular flexibility index (Phi) is 4.81. The van der Waals surface area contributed by atoms with Crippen molar-refractivity contribution in [3.8, 4) is 11.3 Å². The van der Waals surface area contributed by atoms with Gasteiger partial charge < -0.3 is 11.5 Å². The molecule has 0 saturated heterocycles. The van der Waals surface area contributed by atoms with Crippen molar-refractivity contribution in [1.82, 2.24) is 9.38 Å². The number of guanidine groups is 1. The first-order valence-electron chi connectivity index (χ1n) is 7.02. The van der Waals surface area contributed by atoms with Crippen molar-refractivity contribution in [1.29, 1.82) is 0 Å². The Morgan fingerprint density at radius 1 is 1.38 bits per heavy atom. The molecule has 0 aliphatic rings. The number of hydrogen-bond acceptors (Lipinski definition) is 6. The van der Waals surface area contributed by atoms with Gasteiger partial charge in [-0.3, -0.25) is 14.5 Å². The van der Waals surface area contributed by atoms with Crippen molar-refractivity contribution in [3.63, 3.8) is 0 Å². The Labute approximate surface area is 160 Å². The highest BCUT2D eigenvalue weighted by molar-refractivity contribution is 7.17. The minimum Gasteiger partial charge on any atom is -0.369 e. The van der Waals surface area contributed by atoms with Crippen LogP contribution < -0.4 is 11.5 Å². The summed E-state index contributed by atoms with van der Waals surface area (Å²) in [6, 6.07) is 2.59. The molecule has 0 aliphatic carbocycles. The van der Waals surface area contributed by atoms with E-state index in [4.69, 9.17) is 34.7 Å². The molecule has 0 radical (unpaired) electrons. The Balaban J connectivity index is 2.26. The molecule has 12 heteroatoms. The van der Waals surface area contributed by atoms with Crippen LogP contribution in [-0.2, 0) is 0 Å². The van der Waals surface area contributed by atoms with Gasteiger partial charge in [-0.1, -0.05) is 23.2 Å². The van der Waals surface area contributed by atoms with E-state index in [9.17, 15) is 10.1 Å². The standard InChI is InChI=1S/C14H11Cl2N7O2S/c1-6-5-22-11(4-19-21-13(17)18)12(20-14(22)26-6)7-2-10(23(24)25)9(16)3-8(7)15/h2-5H,1H3,(H4,17,18,21)/b19-4+. The summed E-state index contributed by atoms with van der Waals surface area (Å²) < 4.78 is 1.78. The quantitative estimate of drug-likeness (QED) is 0.293. The molecule has 4 N–H and O–H groups in total. The molecule has 0 fully saturated rings. The number of benzene rings is 1. The fourth-order valence-electron chi connectivity index (χ4n) is 2.30. The zero-order valence-electron chi connectivity index (χ0n) is 13.2. The van der Waals surface area contributed by atoms with Crippen molar-refractivity contribution in [2.45, 2.75) is 6.92 Å². The number of halogens is 2. The summed E-state index contributed by atoms with van der Waals surface area (Å²) in [6.07, 6.45) is 3.25. The first kappa shape index (κ1) is 18.1. The lowest BCUT2D eigenvalue weighted by molar-refractivity contribution is -0.384. The lowest BCUT2D eigenvalue weighted by atomic mass is 10.1. The second kappa shape index (κ2) is 6.90. The average molecular weight is 412 g/mol. The third-order valence-corrected chi connectivity index (χ3v) is 4.83. The smallest absolute Gasteiger partial charge is 0.288 e. The highest BCUT2D eigenvalue weighted by Gasteiger charge is 2.22. The number of aryl methyl sites for hydroxylation is 1. The van der Waals surface area contributed by atoms with E-state index in [1.165, 1.54) is 29.7 Å². The molecular weight excluding hydrogens is 401 g/mol. The van der Waals surface area contributed by atoms with Crippen molar-refractivity contribution < 1.29 is 4.92 Å². The Morgan fingerprint density at radius 3 is 2.77 bits per heavy atom. The maximum absolute atomic E-state index is 11.2. The Bertz CT molecular complexity index is 1080. The molecule has 0 spiro atoms. The van der Waals surface area contributed by atoms with Gasteiger partial charge in [0.15, 0.2) is 4.96 Å². The summed E-state index contributed by atoms with van der Waals surface area (Å²) in [4.78, 5) is 16.8. The number of nitrogens with zero attached hydrogens (tertiary/aromatic N) is 5. The van der Waals surface area contributed by atoms with Gasteiger partial charge in [0.05, 0.1) is 21.9 Å². The van der Waals surface area contributed by atoms with E-state index in [2.05, 4.69) is 15.2 Å². The average Bonchev–Trinajstić information content (AvgIpc) is 3.04. The Hall–Kier alpha value is -2.69. The zero-order valence-corrected chi connectivity index (χ0v) is 15.5. The van der Waals surface area contributed by atoms with E-state index in [0.29, 0.717) is 21.9 Å². The van der Waals surface area contributed by atoms with Gasteiger partial charge in [-0.05, 0) is 13.0 Å². The van der Waals surface area contributed by atoms with Crippen molar-refractivity contribution in [2.24, 2.45) is 21.7 Å². The molecule has 2 aromatic heterocycles. The molecule has 0 bridgehead atoms. The van der Waals surface area contributed by atoms with Crippen LogP contribution >= 0.6 is 34.5 Å². The summed E-state index contributed by atoms with van der Waals surface area (Å²) in [6.45, 7) is 1.93. The second-order valence-corrected chi connectivity index (χ2v) is 7.18. The third kappa shape index (κ3) is 3.34. The molecule has 2 heterocycles. The van der Waals surface area contributed by atoms with E-state index >= 15 is 0 Å². The molecule has 134 valence electrons. The number of rotatable bonds is 4. The monoisotopic (exact) mass is 411 g/mol. The van der Waals surface area contributed by atoms with Crippen LogP contribution in [0.3, 0.4) is 0 Å². The summed E-state index contributed by atoms with van der Waals surface area (Å²) in [7, 11) is 0. The fraction of sp³-hybridized carbons (Fsp3) is 0.0714. The lowest BCUT2D eigenvalue weighted by Crippen LogP contribution is -2.21. The van der Waals surface area contributed by atoms with Gasteiger partial charge >= 0.3 is 0 Å². The topological polar surface area (TPSA) is 137 Å². The van der Waals surface area contributed by atoms with Crippen LogP contribution in [0.4, 0.5) is 5.69 Å². The first-order valence-corrected chi connectivity index (χ1v) is 8.59. The number of fused-ring (bicyclic) bond motifs is 1. The lowest BCUT2D eigenvalue weighted by Gasteiger charge is -2.04. The van der Waals surface area contributed by atoms with Crippen molar-refractivity contribution in [3.05, 3.63) is 49.1 Å². The highest BCUT2D eigenvalue weighted by Crippen LogP contribution is 2.38. The van der Waals surface area contributed by atoms with E-state index in [1.807, 2.05) is 13.1 Å². The molecule has 0 saturated carbocycles. The SMILES string of the molecule is Cc1cn2c(/C=N/N=C(N)N)c(-c3cc([N+](=O)[O-])c(Cl)cc3Cl)nc2s1. The van der Waals surface area contributed by atoms with Crippen LogP contribution in [0, 0.1) is 17.0 Å².